The highest BCUT2D eigenvalue weighted by molar-refractivity contribution is 5.94. The molecule has 0 saturated carbocycles. The van der Waals surface area contributed by atoms with Crippen LogP contribution >= 0.6 is 0 Å². The van der Waals surface area contributed by atoms with Crippen molar-refractivity contribution in [2.45, 2.75) is 0 Å². The van der Waals surface area contributed by atoms with Crippen LogP contribution in [0.15, 0.2) is 48.8 Å². The fourth-order valence-electron chi connectivity index (χ4n) is 2.17. The van der Waals surface area contributed by atoms with Crippen LogP contribution in [0, 0.1) is 0 Å². The number of benzene rings is 1. The summed E-state index contributed by atoms with van der Waals surface area (Å²) in [5, 5.41) is 3.09. The number of primary amides is 1. The van der Waals surface area contributed by atoms with E-state index in [1.165, 1.54) is 0 Å². The fourth-order valence-corrected chi connectivity index (χ4v) is 2.17. The second-order valence-corrected chi connectivity index (χ2v) is 4.48. The molecule has 3 N–H and O–H groups in total. The number of nitrogens with two attached hydrogens (primary N) is 1. The van der Waals surface area contributed by atoms with Crippen molar-refractivity contribution in [2.75, 3.05) is 12.4 Å². The molecule has 2 heterocycles. The molecule has 5 nitrogen and oxygen atoms in total. The van der Waals surface area contributed by atoms with E-state index in [0.29, 0.717) is 5.56 Å². The van der Waals surface area contributed by atoms with Crippen LogP contribution in [-0.2, 0) is 0 Å². The maximum Gasteiger partial charge on any atom is 0.248 e. The summed E-state index contributed by atoms with van der Waals surface area (Å²) in [6.07, 6.45) is 3.75. The number of carbonyl (C=O) groups is 1. The van der Waals surface area contributed by atoms with Crippen molar-refractivity contribution in [2.24, 2.45) is 5.73 Å². The van der Waals surface area contributed by atoms with E-state index in [4.69, 9.17) is 5.73 Å². The minimum absolute atomic E-state index is 0.434. The molecule has 1 aromatic carbocycles. The van der Waals surface area contributed by atoms with E-state index in [2.05, 4.69) is 10.3 Å². The number of fused-ring (bicyclic) bond motifs is 1. The summed E-state index contributed by atoms with van der Waals surface area (Å²) < 4.78 is 1.98. The van der Waals surface area contributed by atoms with Crippen LogP contribution in [0.1, 0.15) is 10.4 Å². The Labute approximate surface area is 116 Å². The Morgan fingerprint density at radius 3 is 2.90 bits per heavy atom. The van der Waals surface area contributed by atoms with E-state index in [1.807, 2.05) is 41.9 Å². The van der Waals surface area contributed by atoms with Crippen molar-refractivity contribution < 1.29 is 4.79 Å². The summed E-state index contributed by atoms with van der Waals surface area (Å²) >= 11 is 0. The highest BCUT2D eigenvalue weighted by atomic mass is 16.1. The Kier molecular flexibility index (Phi) is 2.87. The first-order chi connectivity index (χ1) is 9.69. The largest absolute Gasteiger partial charge is 0.387 e. The Balaban J connectivity index is 2.18. The number of aromatic nitrogens is 2. The number of carbonyl (C=O) groups excluding carboxylic acids is 1. The van der Waals surface area contributed by atoms with Crippen LogP contribution in [0.5, 0.6) is 0 Å². The first kappa shape index (κ1) is 12.2. The lowest BCUT2D eigenvalue weighted by Gasteiger charge is -2.06. The van der Waals surface area contributed by atoms with Crippen LogP contribution in [-0.4, -0.2) is 22.3 Å². The summed E-state index contributed by atoms with van der Waals surface area (Å²) in [6.45, 7) is 0. The lowest BCUT2D eigenvalue weighted by molar-refractivity contribution is 0.100. The third kappa shape index (κ3) is 1.99. The van der Waals surface area contributed by atoms with Gasteiger partial charge in [-0.05, 0) is 24.3 Å². The minimum atomic E-state index is -0.434. The molecule has 0 fully saturated rings. The maximum atomic E-state index is 11.3. The molecule has 0 bridgehead atoms. The Morgan fingerprint density at radius 2 is 2.15 bits per heavy atom. The molecular weight excluding hydrogens is 252 g/mol. The zero-order chi connectivity index (χ0) is 14.1. The molecule has 0 aliphatic heterocycles. The number of imidazole rings is 1. The number of nitrogens with zero attached hydrogens (tertiary/aromatic N) is 2. The van der Waals surface area contributed by atoms with Crippen molar-refractivity contribution >= 4 is 17.2 Å². The normalized spacial score (nSPS) is 10.7. The second-order valence-electron chi connectivity index (χ2n) is 4.48. The van der Waals surface area contributed by atoms with Gasteiger partial charge in [-0.25, -0.2) is 4.98 Å². The van der Waals surface area contributed by atoms with Gasteiger partial charge in [0.15, 0.2) is 0 Å². The molecule has 0 aliphatic carbocycles. The van der Waals surface area contributed by atoms with Gasteiger partial charge < -0.3 is 11.1 Å². The van der Waals surface area contributed by atoms with Crippen LogP contribution in [0.4, 0.5) is 5.69 Å². The van der Waals surface area contributed by atoms with Gasteiger partial charge in [-0.3, -0.25) is 9.20 Å². The highest BCUT2D eigenvalue weighted by Crippen LogP contribution is 2.23. The fraction of sp³-hybridized carbons (Fsp3) is 0.0667. The van der Waals surface area contributed by atoms with Crippen LogP contribution in [0.3, 0.4) is 0 Å². The molecule has 0 spiro atoms. The molecule has 3 rings (SSSR count). The van der Waals surface area contributed by atoms with Gasteiger partial charge in [0.2, 0.25) is 5.91 Å². The standard InChI is InChI=1S/C15H14N4O/c1-17-12-5-6-14-18-8-13(19(14)9-12)10-3-2-4-11(7-10)15(16)20/h2-9,17H,1H3,(H2,16,20). The number of amides is 1. The van der Waals surface area contributed by atoms with Gasteiger partial charge >= 0.3 is 0 Å². The molecular formula is C15H14N4O. The molecule has 5 heteroatoms. The van der Waals surface area contributed by atoms with Crippen LogP contribution < -0.4 is 11.1 Å². The minimum Gasteiger partial charge on any atom is -0.387 e. The van der Waals surface area contributed by atoms with Gasteiger partial charge in [0, 0.05) is 24.4 Å². The third-order valence-electron chi connectivity index (χ3n) is 3.24. The zero-order valence-electron chi connectivity index (χ0n) is 11.0. The van der Waals surface area contributed by atoms with Crippen molar-refractivity contribution in [1.82, 2.24) is 9.38 Å². The molecule has 0 aliphatic rings. The molecule has 1 amide bonds. The summed E-state index contributed by atoms with van der Waals surface area (Å²) in [6, 6.07) is 11.1. The SMILES string of the molecule is CNc1ccc2ncc(-c3cccc(C(N)=O)c3)n2c1. The Hall–Kier alpha value is -2.82. The summed E-state index contributed by atoms with van der Waals surface area (Å²) in [7, 11) is 1.87. The average molecular weight is 266 g/mol. The van der Waals surface area contributed by atoms with E-state index in [0.717, 1.165) is 22.6 Å². The van der Waals surface area contributed by atoms with E-state index < -0.39 is 5.91 Å². The molecule has 0 radical (unpaired) electrons. The monoisotopic (exact) mass is 266 g/mol. The molecule has 0 atom stereocenters. The molecule has 0 saturated heterocycles. The molecule has 2 aromatic heterocycles. The van der Waals surface area contributed by atoms with Gasteiger partial charge in [0.1, 0.15) is 5.65 Å². The number of hydrogen-bond donors (Lipinski definition) is 2. The van der Waals surface area contributed by atoms with Crippen molar-refractivity contribution in [1.29, 1.82) is 0 Å². The Bertz CT molecular complexity index is 791. The van der Waals surface area contributed by atoms with Gasteiger partial charge in [0.25, 0.3) is 0 Å². The predicted molar refractivity (Wildman–Crippen MR) is 78.7 cm³/mol. The van der Waals surface area contributed by atoms with Gasteiger partial charge in [0.05, 0.1) is 17.6 Å². The van der Waals surface area contributed by atoms with Gasteiger partial charge in [-0.15, -0.1) is 0 Å². The first-order valence-corrected chi connectivity index (χ1v) is 6.24. The summed E-state index contributed by atoms with van der Waals surface area (Å²) in [5.41, 5.74) is 9.47. The second kappa shape index (κ2) is 4.70. The number of pyridine rings is 1. The number of hydrogen-bond acceptors (Lipinski definition) is 3. The van der Waals surface area contributed by atoms with Gasteiger partial charge in [-0.2, -0.15) is 0 Å². The van der Waals surface area contributed by atoms with Gasteiger partial charge in [-0.1, -0.05) is 12.1 Å². The van der Waals surface area contributed by atoms with Crippen LogP contribution in [0.2, 0.25) is 0 Å². The number of anilines is 1. The first-order valence-electron chi connectivity index (χ1n) is 6.24. The Morgan fingerprint density at radius 1 is 1.30 bits per heavy atom. The number of rotatable bonds is 3. The van der Waals surface area contributed by atoms with Crippen molar-refractivity contribution in [3.8, 4) is 11.3 Å². The van der Waals surface area contributed by atoms with E-state index in [9.17, 15) is 4.79 Å². The van der Waals surface area contributed by atoms with E-state index in [1.54, 1.807) is 18.3 Å². The average Bonchev–Trinajstić information content (AvgIpc) is 2.90. The molecule has 3 aromatic rings. The smallest absolute Gasteiger partial charge is 0.248 e. The quantitative estimate of drug-likeness (QED) is 0.763. The van der Waals surface area contributed by atoms with E-state index >= 15 is 0 Å². The van der Waals surface area contributed by atoms with Crippen molar-refractivity contribution in [3.05, 3.63) is 54.4 Å². The van der Waals surface area contributed by atoms with E-state index in [-0.39, 0.29) is 0 Å². The highest BCUT2D eigenvalue weighted by Gasteiger charge is 2.08. The summed E-state index contributed by atoms with van der Waals surface area (Å²) in [4.78, 5) is 15.6. The number of nitrogens with one attached hydrogen (secondary N) is 1. The molecule has 20 heavy (non-hydrogen) atoms. The topological polar surface area (TPSA) is 72.4 Å². The zero-order valence-corrected chi connectivity index (χ0v) is 11.0. The molecule has 100 valence electrons. The predicted octanol–water partition coefficient (Wildman–Crippen LogP) is 2.14. The maximum absolute atomic E-state index is 11.3. The summed E-state index contributed by atoms with van der Waals surface area (Å²) in [5.74, 6) is -0.434. The van der Waals surface area contributed by atoms with Crippen molar-refractivity contribution in [3.63, 3.8) is 0 Å². The van der Waals surface area contributed by atoms with Crippen LogP contribution in [0.25, 0.3) is 16.9 Å². The lowest BCUT2D eigenvalue weighted by atomic mass is 10.1. The molecule has 0 unspecified atom stereocenters. The lowest BCUT2D eigenvalue weighted by Crippen LogP contribution is -2.10. The third-order valence-corrected chi connectivity index (χ3v) is 3.24.